The van der Waals surface area contributed by atoms with Crippen molar-refractivity contribution in [2.45, 2.75) is 0 Å². The van der Waals surface area contributed by atoms with E-state index >= 15 is 0 Å². The zero-order valence-electron chi connectivity index (χ0n) is 25.7. The molecule has 0 unspecified atom stereocenters. The van der Waals surface area contributed by atoms with E-state index in [1.165, 1.54) is 0 Å². The van der Waals surface area contributed by atoms with Gasteiger partial charge in [0.25, 0.3) is 0 Å². The molecule has 8 aromatic rings. The highest BCUT2D eigenvalue weighted by Crippen LogP contribution is 2.45. The van der Waals surface area contributed by atoms with Crippen molar-refractivity contribution in [3.63, 3.8) is 0 Å². The van der Waals surface area contributed by atoms with Gasteiger partial charge in [0.2, 0.25) is 0 Å². The predicted molar refractivity (Wildman–Crippen MR) is 173 cm³/mol. The molecule has 0 heterocycles. The molecule has 0 aliphatic rings. The summed E-state index contributed by atoms with van der Waals surface area (Å²) in [5, 5.41) is 7.28. The summed E-state index contributed by atoms with van der Waals surface area (Å²) in [4.78, 5) is 0. The molecule has 0 amide bonds. The highest BCUT2D eigenvalue weighted by atomic mass is 14.2. The van der Waals surface area contributed by atoms with Crippen molar-refractivity contribution in [1.82, 2.24) is 0 Å². The largest absolute Gasteiger partial charge is 0.0629 e. The van der Waals surface area contributed by atoms with Crippen molar-refractivity contribution in [3.05, 3.63) is 158 Å². The Morgan fingerprint density at radius 1 is 0.350 bits per heavy atom. The highest BCUT2D eigenvalue weighted by molar-refractivity contribution is 6.23. The topological polar surface area (TPSA) is 0 Å². The van der Waals surface area contributed by atoms with Gasteiger partial charge in [0.05, 0.1) is 5.48 Å². The molecule has 8 aromatic carbocycles. The molecule has 0 atom stereocenters. The van der Waals surface area contributed by atoms with E-state index in [2.05, 4.69) is 84.9 Å². The quantitative estimate of drug-likeness (QED) is 0.207. The zero-order chi connectivity index (χ0) is 29.9. The van der Waals surface area contributed by atoms with Gasteiger partial charge in [-0.25, -0.2) is 0 Å². The van der Waals surface area contributed by atoms with Crippen molar-refractivity contribution < 1.29 is 5.48 Å². The molecule has 0 heteroatoms. The molecule has 8 rings (SSSR count). The Labute approximate surface area is 239 Å². The van der Waals surface area contributed by atoms with Gasteiger partial charge in [-0.3, -0.25) is 0 Å². The van der Waals surface area contributed by atoms with Gasteiger partial charge in [-0.05, 0) is 88.6 Å². The highest BCUT2D eigenvalue weighted by Gasteiger charge is 2.18. The molecule has 40 heavy (non-hydrogen) atoms. The Bertz CT molecular complexity index is 2430. The van der Waals surface area contributed by atoms with Crippen molar-refractivity contribution >= 4 is 43.1 Å². The Kier molecular flexibility index (Phi) is 4.37. The molecule has 0 saturated carbocycles. The fourth-order valence-electron chi connectivity index (χ4n) is 6.11. The molecule has 186 valence electrons. The Morgan fingerprint density at radius 2 is 0.975 bits per heavy atom. The van der Waals surface area contributed by atoms with Crippen molar-refractivity contribution in [3.8, 4) is 33.4 Å². The lowest BCUT2D eigenvalue weighted by Gasteiger charge is -2.19. The van der Waals surface area contributed by atoms with E-state index in [0.717, 1.165) is 65.7 Å². The first kappa shape index (κ1) is 19.0. The first-order chi connectivity index (χ1) is 21.5. The van der Waals surface area contributed by atoms with Crippen LogP contribution in [0.25, 0.3) is 76.5 Å². The average molecular weight is 511 g/mol. The number of fused-ring (bicyclic) bond motifs is 4. The SMILES string of the molecule is [2H]c1c([2H])c([2H])c2c(-c3cccc4cc(-c5ccccc5)ccc34)c3ccccc3c(-c3ccc4ccccc4c3)c2c1[2H]. The number of hydrogen-bond acceptors (Lipinski definition) is 0. The first-order valence-corrected chi connectivity index (χ1v) is 13.5. The molecule has 0 saturated heterocycles. The monoisotopic (exact) mass is 510 g/mol. The normalized spacial score (nSPS) is 12.9. The van der Waals surface area contributed by atoms with Crippen molar-refractivity contribution in [2.24, 2.45) is 0 Å². The summed E-state index contributed by atoms with van der Waals surface area (Å²) in [6.07, 6.45) is 0. The van der Waals surface area contributed by atoms with Gasteiger partial charge in [0.1, 0.15) is 0 Å². The second kappa shape index (κ2) is 9.22. The minimum absolute atomic E-state index is 0.0252. The second-order valence-electron chi connectivity index (χ2n) is 10.2. The average Bonchev–Trinajstić information content (AvgIpc) is 3.08. The maximum absolute atomic E-state index is 9.25. The van der Waals surface area contributed by atoms with E-state index in [1.807, 2.05) is 48.5 Å². The smallest absolute Gasteiger partial charge is 0.0622 e. The molecule has 0 radical (unpaired) electrons. The van der Waals surface area contributed by atoms with Gasteiger partial charge < -0.3 is 0 Å². The van der Waals surface area contributed by atoms with Crippen LogP contribution in [0.4, 0.5) is 0 Å². The van der Waals surface area contributed by atoms with Gasteiger partial charge in [0, 0.05) is 0 Å². The lowest BCUT2D eigenvalue weighted by molar-refractivity contribution is 1.64. The minimum atomic E-state index is -0.227. The standard InChI is InChI=1S/C40H26/c1-2-11-27(12-3-1)30-23-24-33-31(25-30)15-10-20-34(33)40-37-18-8-6-16-35(37)39(36-17-7-9-19-38(36)40)32-22-21-28-13-4-5-14-29(28)26-32/h1-26H/i6D,8D,16D,18D. The molecule has 0 bridgehead atoms. The third-order valence-electron chi connectivity index (χ3n) is 7.95. The van der Waals surface area contributed by atoms with Gasteiger partial charge >= 0.3 is 0 Å². The predicted octanol–water partition coefficient (Wildman–Crippen LogP) is 11.3. The second-order valence-corrected chi connectivity index (χ2v) is 10.2. The van der Waals surface area contributed by atoms with E-state index in [0.29, 0.717) is 10.8 Å². The minimum Gasteiger partial charge on any atom is -0.0622 e. The van der Waals surface area contributed by atoms with Crippen molar-refractivity contribution in [1.29, 1.82) is 0 Å². The van der Waals surface area contributed by atoms with Gasteiger partial charge in [0.15, 0.2) is 0 Å². The van der Waals surface area contributed by atoms with Crippen LogP contribution >= 0.6 is 0 Å². The molecule has 0 N–H and O–H groups in total. The Morgan fingerprint density at radius 3 is 1.80 bits per heavy atom. The maximum Gasteiger partial charge on any atom is 0.0629 e. The van der Waals surface area contributed by atoms with Gasteiger partial charge in [-0.1, -0.05) is 145 Å². The fraction of sp³-hybridized carbons (Fsp3) is 0. The van der Waals surface area contributed by atoms with Crippen LogP contribution in [0.5, 0.6) is 0 Å². The van der Waals surface area contributed by atoms with Crippen LogP contribution < -0.4 is 0 Å². The summed E-state index contributed by atoms with van der Waals surface area (Å²) in [6.45, 7) is 0. The summed E-state index contributed by atoms with van der Waals surface area (Å²) in [5.41, 5.74) is 5.78. The maximum atomic E-state index is 9.25. The zero-order valence-corrected chi connectivity index (χ0v) is 21.7. The fourth-order valence-corrected chi connectivity index (χ4v) is 6.11. The Balaban J connectivity index is 1.53. The molecule has 0 nitrogen and oxygen atoms in total. The molecule has 0 aliphatic heterocycles. The summed E-state index contributed by atoms with van der Waals surface area (Å²) < 4.78 is 35.8. The molecule has 0 fully saturated rings. The lowest BCUT2D eigenvalue weighted by Crippen LogP contribution is -1.92. The molecule has 0 aromatic heterocycles. The summed E-state index contributed by atoms with van der Waals surface area (Å²) in [6, 6.07) is 45.1. The van der Waals surface area contributed by atoms with Gasteiger partial charge in [-0.15, -0.1) is 0 Å². The van der Waals surface area contributed by atoms with Crippen LogP contribution in [-0.2, 0) is 0 Å². The Hall–Kier alpha value is -5.20. The van der Waals surface area contributed by atoms with Crippen LogP contribution in [0.1, 0.15) is 5.48 Å². The first-order valence-electron chi connectivity index (χ1n) is 15.5. The van der Waals surface area contributed by atoms with E-state index in [-0.39, 0.29) is 24.2 Å². The molecular weight excluding hydrogens is 480 g/mol. The van der Waals surface area contributed by atoms with Crippen molar-refractivity contribution in [2.75, 3.05) is 0 Å². The van der Waals surface area contributed by atoms with Crippen LogP contribution in [0, 0.1) is 0 Å². The van der Waals surface area contributed by atoms with Crippen LogP contribution in [0.3, 0.4) is 0 Å². The summed E-state index contributed by atoms with van der Waals surface area (Å²) in [7, 11) is 0. The van der Waals surface area contributed by atoms with E-state index in [4.69, 9.17) is 2.74 Å². The summed E-state index contributed by atoms with van der Waals surface area (Å²) in [5.74, 6) is 0. The molecular formula is C40H26. The van der Waals surface area contributed by atoms with E-state index in [1.54, 1.807) is 0 Å². The lowest BCUT2D eigenvalue weighted by atomic mass is 9.84. The number of benzene rings is 8. The van der Waals surface area contributed by atoms with Crippen LogP contribution in [0.15, 0.2) is 158 Å². The van der Waals surface area contributed by atoms with Crippen LogP contribution in [-0.4, -0.2) is 0 Å². The van der Waals surface area contributed by atoms with Crippen LogP contribution in [0.2, 0.25) is 0 Å². The van der Waals surface area contributed by atoms with E-state index < -0.39 is 0 Å². The number of rotatable bonds is 3. The molecule has 0 aliphatic carbocycles. The third kappa shape index (κ3) is 3.61. The number of hydrogen-bond donors (Lipinski definition) is 0. The van der Waals surface area contributed by atoms with Gasteiger partial charge in [-0.2, -0.15) is 0 Å². The molecule has 0 spiro atoms. The van der Waals surface area contributed by atoms with E-state index in [9.17, 15) is 2.74 Å². The third-order valence-corrected chi connectivity index (χ3v) is 7.95. The summed E-state index contributed by atoms with van der Waals surface area (Å²) >= 11 is 0.